The van der Waals surface area contributed by atoms with Gasteiger partial charge in [0.25, 0.3) is 0 Å². The smallest absolute Gasteiger partial charge is 0.163 e. The van der Waals surface area contributed by atoms with Gasteiger partial charge in [0.05, 0.1) is 27.5 Å². The van der Waals surface area contributed by atoms with Crippen molar-refractivity contribution in [1.29, 1.82) is 0 Å². The molecule has 0 unspecified atom stereocenters. The van der Waals surface area contributed by atoms with Gasteiger partial charge in [0.2, 0.25) is 0 Å². The quantitative estimate of drug-likeness (QED) is 0.698. The summed E-state index contributed by atoms with van der Waals surface area (Å²) in [6, 6.07) is 13.3. The van der Waals surface area contributed by atoms with E-state index < -0.39 is 0 Å². The number of halogens is 2. The topological polar surface area (TPSA) is 41.1 Å². The monoisotopic (exact) mass is 358 g/mol. The van der Waals surface area contributed by atoms with Crippen molar-refractivity contribution >= 4 is 40.4 Å². The maximum Gasteiger partial charge on any atom is 0.163 e. The maximum atomic E-state index is 12.7. The molecular weight excluding hydrogens is 343 g/mol. The molecule has 5 heteroatoms. The van der Waals surface area contributed by atoms with Crippen LogP contribution >= 0.6 is 23.2 Å². The molecule has 1 aliphatic carbocycles. The summed E-state index contributed by atoms with van der Waals surface area (Å²) in [7, 11) is 0. The zero-order valence-corrected chi connectivity index (χ0v) is 14.4. The van der Waals surface area contributed by atoms with Crippen molar-refractivity contribution in [2.75, 3.05) is 10.6 Å². The van der Waals surface area contributed by atoms with Gasteiger partial charge in [0, 0.05) is 17.7 Å². The second-order valence-electron chi connectivity index (χ2n) is 6.09. The fourth-order valence-corrected chi connectivity index (χ4v) is 3.69. The largest absolute Gasteiger partial charge is 0.372 e. The Morgan fingerprint density at radius 3 is 2.54 bits per heavy atom. The fourth-order valence-electron chi connectivity index (χ4n) is 3.38. The first kappa shape index (κ1) is 15.6. The normalized spacial score (nSPS) is 19.8. The van der Waals surface area contributed by atoms with Crippen molar-refractivity contribution < 1.29 is 4.79 Å². The van der Waals surface area contributed by atoms with Gasteiger partial charge in [0.15, 0.2) is 5.78 Å². The van der Waals surface area contributed by atoms with E-state index in [1.807, 2.05) is 36.4 Å². The highest BCUT2D eigenvalue weighted by atomic mass is 35.5. The van der Waals surface area contributed by atoms with Gasteiger partial charge < -0.3 is 10.6 Å². The van der Waals surface area contributed by atoms with Gasteiger partial charge >= 0.3 is 0 Å². The van der Waals surface area contributed by atoms with Gasteiger partial charge in [-0.15, -0.1) is 0 Å². The molecule has 0 bridgehead atoms. The van der Waals surface area contributed by atoms with Crippen molar-refractivity contribution in [3.63, 3.8) is 0 Å². The number of rotatable bonds is 1. The summed E-state index contributed by atoms with van der Waals surface area (Å²) in [5.74, 6) is 0.181. The minimum absolute atomic E-state index is 0.181. The highest BCUT2D eigenvalue weighted by molar-refractivity contribution is 6.42. The van der Waals surface area contributed by atoms with E-state index in [4.69, 9.17) is 23.2 Å². The number of allylic oxidation sites excluding steroid dienone is 1. The van der Waals surface area contributed by atoms with Crippen LogP contribution in [0.15, 0.2) is 53.7 Å². The lowest BCUT2D eigenvalue weighted by atomic mass is 9.87. The summed E-state index contributed by atoms with van der Waals surface area (Å²) in [6.07, 6.45) is 2.33. The molecule has 1 aliphatic heterocycles. The van der Waals surface area contributed by atoms with Crippen LogP contribution in [0.4, 0.5) is 11.4 Å². The standard InChI is InChI=1S/C19H16Cl2N2O/c20-12-9-8-11(10-13(12)21)19-18-16(6-3-7-17(18)24)22-14-4-1-2-5-15(14)23-19/h1-2,4-5,8-10,19,22-23H,3,6-7H2/t19-/m0/s1. The van der Waals surface area contributed by atoms with Crippen molar-refractivity contribution in [2.45, 2.75) is 25.3 Å². The molecule has 2 aromatic rings. The lowest BCUT2D eigenvalue weighted by Gasteiger charge is -2.25. The number of para-hydroxylation sites is 2. The zero-order chi connectivity index (χ0) is 16.7. The van der Waals surface area contributed by atoms with Crippen molar-refractivity contribution in [2.24, 2.45) is 0 Å². The van der Waals surface area contributed by atoms with E-state index in [2.05, 4.69) is 10.6 Å². The minimum atomic E-state index is -0.237. The van der Waals surface area contributed by atoms with Gasteiger partial charge in [-0.25, -0.2) is 0 Å². The number of benzene rings is 2. The summed E-state index contributed by atoms with van der Waals surface area (Å²) in [6.45, 7) is 0. The Labute approximate surface area is 150 Å². The number of ketones is 1. The third kappa shape index (κ3) is 2.68. The molecule has 3 nitrogen and oxygen atoms in total. The van der Waals surface area contributed by atoms with Crippen LogP contribution in [0.25, 0.3) is 0 Å². The molecule has 122 valence electrons. The van der Waals surface area contributed by atoms with Crippen LogP contribution in [0.1, 0.15) is 30.9 Å². The predicted molar refractivity (Wildman–Crippen MR) is 98.8 cm³/mol. The molecule has 2 aliphatic rings. The number of hydrogen-bond acceptors (Lipinski definition) is 3. The molecule has 0 spiro atoms. The Bertz CT molecular complexity index is 860. The molecule has 0 saturated carbocycles. The SMILES string of the molecule is O=C1CCCC2=C1[C@H](c1ccc(Cl)c(Cl)c1)Nc1ccccc1N2. The average Bonchev–Trinajstić information content (AvgIpc) is 2.74. The summed E-state index contributed by atoms with van der Waals surface area (Å²) in [5.41, 5.74) is 4.69. The van der Waals surface area contributed by atoms with Gasteiger partial charge in [-0.05, 0) is 42.7 Å². The molecule has 1 heterocycles. The molecule has 4 rings (SSSR count). The van der Waals surface area contributed by atoms with Crippen LogP contribution in [0.5, 0.6) is 0 Å². The van der Waals surface area contributed by atoms with Gasteiger partial charge in [-0.1, -0.05) is 41.4 Å². The molecule has 0 saturated heterocycles. The lowest BCUT2D eigenvalue weighted by Crippen LogP contribution is -2.23. The number of carbonyl (C=O) groups is 1. The van der Waals surface area contributed by atoms with Crippen molar-refractivity contribution in [3.05, 3.63) is 69.3 Å². The van der Waals surface area contributed by atoms with E-state index in [9.17, 15) is 4.79 Å². The number of anilines is 2. The van der Waals surface area contributed by atoms with Gasteiger partial charge in [-0.2, -0.15) is 0 Å². The second kappa shape index (κ2) is 6.15. The Kier molecular flexibility index (Phi) is 3.99. The predicted octanol–water partition coefficient (Wildman–Crippen LogP) is 5.58. The number of Topliss-reactive ketones (excluding diaryl/α,β-unsaturated/α-hetero) is 1. The van der Waals surface area contributed by atoms with Crippen LogP contribution in [0.3, 0.4) is 0 Å². The van der Waals surface area contributed by atoms with Crippen molar-refractivity contribution in [3.8, 4) is 0 Å². The third-order valence-electron chi connectivity index (χ3n) is 4.53. The van der Waals surface area contributed by atoms with E-state index in [0.717, 1.165) is 41.1 Å². The van der Waals surface area contributed by atoms with Crippen LogP contribution in [-0.2, 0) is 4.79 Å². The number of hydrogen-bond donors (Lipinski definition) is 2. The Morgan fingerprint density at radius 2 is 1.75 bits per heavy atom. The number of carbonyl (C=O) groups excluding carboxylic acids is 1. The maximum absolute atomic E-state index is 12.7. The number of fused-ring (bicyclic) bond motifs is 1. The van der Waals surface area contributed by atoms with E-state index in [0.29, 0.717) is 16.5 Å². The summed E-state index contributed by atoms with van der Waals surface area (Å²) in [4.78, 5) is 12.7. The molecule has 24 heavy (non-hydrogen) atoms. The first-order chi connectivity index (χ1) is 11.6. The molecule has 1 atom stereocenters. The summed E-state index contributed by atoms with van der Waals surface area (Å²) >= 11 is 12.3. The molecule has 2 N–H and O–H groups in total. The molecule has 0 aromatic heterocycles. The van der Waals surface area contributed by atoms with Crippen molar-refractivity contribution in [1.82, 2.24) is 0 Å². The Hall–Kier alpha value is -1.97. The highest BCUT2D eigenvalue weighted by Gasteiger charge is 2.32. The third-order valence-corrected chi connectivity index (χ3v) is 5.27. The molecule has 0 amide bonds. The lowest BCUT2D eigenvalue weighted by molar-refractivity contribution is -0.116. The first-order valence-corrected chi connectivity index (χ1v) is 8.73. The van der Waals surface area contributed by atoms with E-state index in [-0.39, 0.29) is 11.8 Å². The molecule has 0 radical (unpaired) electrons. The molecular formula is C19H16Cl2N2O. The van der Waals surface area contributed by atoms with Crippen LogP contribution in [0, 0.1) is 0 Å². The Morgan fingerprint density at radius 1 is 0.958 bits per heavy atom. The number of nitrogens with one attached hydrogen (secondary N) is 2. The van der Waals surface area contributed by atoms with Gasteiger partial charge in [0.1, 0.15) is 0 Å². The first-order valence-electron chi connectivity index (χ1n) is 7.97. The highest BCUT2D eigenvalue weighted by Crippen LogP contribution is 2.41. The fraction of sp³-hybridized carbons (Fsp3) is 0.211. The van der Waals surface area contributed by atoms with Gasteiger partial charge in [-0.3, -0.25) is 4.79 Å². The second-order valence-corrected chi connectivity index (χ2v) is 6.90. The van der Waals surface area contributed by atoms with Crippen LogP contribution < -0.4 is 10.6 Å². The molecule has 0 fully saturated rings. The van der Waals surface area contributed by atoms with Crippen LogP contribution in [-0.4, -0.2) is 5.78 Å². The zero-order valence-electron chi connectivity index (χ0n) is 12.9. The van der Waals surface area contributed by atoms with E-state index >= 15 is 0 Å². The molecule has 2 aromatic carbocycles. The summed E-state index contributed by atoms with van der Waals surface area (Å²) in [5, 5.41) is 7.97. The summed E-state index contributed by atoms with van der Waals surface area (Å²) < 4.78 is 0. The average molecular weight is 359 g/mol. The van der Waals surface area contributed by atoms with E-state index in [1.54, 1.807) is 6.07 Å². The Balaban J connectivity index is 1.88. The van der Waals surface area contributed by atoms with Crippen LogP contribution in [0.2, 0.25) is 10.0 Å². The minimum Gasteiger partial charge on any atom is -0.372 e. The van der Waals surface area contributed by atoms with E-state index in [1.165, 1.54) is 0 Å².